The SMILES string of the molecule is CCCC(=O)Nc1cccc(Oc2nc(C)c(Cl)c(C)c2C#N)c1. The van der Waals surface area contributed by atoms with Gasteiger partial charge in [0.05, 0.1) is 10.7 Å². The van der Waals surface area contributed by atoms with Gasteiger partial charge in [0.25, 0.3) is 0 Å². The first-order valence-corrected chi connectivity index (χ1v) is 7.98. The van der Waals surface area contributed by atoms with Crippen molar-refractivity contribution in [3.63, 3.8) is 0 Å². The first-order chi connectivity index (χ1) is 11.5. The van der Waals surface area contributed by atoms with Crippen LogP contribution in [0.4, 0.5) is 5.69 Å². The molecule has 1 heterocycles. The van der Waals surface area contributed by atoms with Crippen molar-refractivity contribution < 1.29 is 9.53 Å². The number of nitrogens with one attached hydrogen (secondary N) is 1. The number of anilines is 1. The van der Waals surface area contributed by atoms with E-state index in [1.807, 2.05) is 6.92 Å². The van der Waals surface area contributed by atoms with Crippen LogP contribution in [0.5, 0.6) is 11.6 Å². The van der Waals surface area contributed by atoms with Gasteiger partial charge in [0, 0.05) is 18.2 Å². The molecule has 124 valence electrons. The molecule has 1 amide bonds. The molecule has 5 nitrogen and oxygen atoms in total. The summed E-state index contributed by atoms with van der Waals surface area (Å²) in [6, 6.07) is 9.04. The molecule has 2 aromatic rings. The second-order valence-corrected chi connectivity index (χ2v) is 5.73. The van der Waals surface area contributed by atoms with Gasteiger partial charge in [-0.2, -0.15) is 5.26 Å². The van der Waals surface area contributed by atoms with Gasteiger partial charge in [0.1, 0.15) is 17.4 Å². The first kappa shape index (κ1) is 17.8. The highest BCUT2D eigenvalue weighted by Crippen LogP contribution is 2.31. The van der Waals surface area contributed by atoms with Crippen molar-refractivity contribution >= 4 is 23.2 Å². The Morgan fingerprint density at radius 1 is 1.42 bits per heavy atom. The van der Waals surface area contributed by atoms with Crippen molar-refractivity contribution in [2.45, 2.75) is 33.6 Å². The molecule has 0 atom stereocenters. The molecule has 0 radical (unpaired) electrons. The summed E-state index contributed by atoms with van der Waals surface area (Å²) in [4.78, 5) is 15.9. The fourth-order valence-electron chi connectivity index (χ4n) is 2.20. The number of nitrogens with zero attached hydrogens (tertiary/aromatic N) is 2. The molecule has 0 aliphatic rings. The Labute approximate surface area is 146 Å². The normalized spacial score (nSPS) is 10.1. The lowest BCUT2D eigenvalue weighted by atomic mass is 10.1. The summed E-state index contributed by atoms with van der Waals surface area (Å²) in [5.41, 5.74) is 2.16. The number of aromatic nitrogens is 1. The molecular formula is C18H18ClN3O2. The highest BCUT2D eigenvalue weighted by Gasteiger charge is 2.15. The topological polar surface area (TPSA) is 75.0 Å². The monoisotopic (exact) mass is 343 g/mol. The van der Waals surface area contributed by atoms with Crippen LogP contribution in [0.1, 0.15) is 36.6 Å². The quantitative estimate of drug-likeness (QED) is 0.849. The summed E-state index contributed by atoms with van der Waals surface area (Å²) >= 11 is 6.13. The maximum atomic E-state index is 11.7. The summed E-state index contributed by atoms with van der Waals surface area (Å²) in [6.07, 6.45) is 1.24. The minimum Gasteiger partial charge on any atom is -0.438 e. The van der Waals surface area contributed by atoms with E-state index in [9.17, 15) is 10.1 Å². The maximum absolute atomic E-state index is 11.7. The molecule has 0 spiro atoms. The van der Waals surface area contributed by atoms with E-state index in [1.54, 1.807) is 38.1 Å². The smallest absolute Gasteiger partial charge is 0.237 e. The zero-order valence-electron chi connectivity index (χ0n) is 13.8. The molecule has 24 heavy (non-hydrogen) atoms. The molecular weight excluding hydrogens is 326 g/mol. The molecule has 2 rings (SSSR count). The van der Waals surface area contributed by atoms with Gasteiger partial charge in [-0.05, 0) is 38.0 Å². The third-order valence-corrected chi connectivity index (χ3v) is 3.98. The number of aryl methyl sites for hydroxylation is 1. The number of hydrogen-bond donors (Lipinski definition) is 1. The van der Waals surface area contributed by atoms with Gasteiger partial charge in [0.15, 0.2) is 0 Å². The number of amides is 1. The van der Waals surface area contributed by atoms with Gasteiger partial charge in [-0.25, -0.2) is 4.98 Å². The van der Waals surface area contributed by atoms with Gasteiger partial charge in [-0.1, -0.05) is 24.6 Å². The van der Waals surface area contributed by atoms with Crippen LogP contribution < -0.4 is 10.1 Å². The predicted octanol–water partition coefficient (Wildman–Crippen LogP) is 4.75. The fourth-order valence-corrected chi connectivity index (χ4v) is 2.34. The van der Waals surface area contributed by atoms with E-state index in [-0.39, 0.29) is 11.8 Å². The maximum Gasteiger partial charge on any atom is 0.237 e. The highest BCUT2D eigenvalue weighted by atomic mass is 35.5. The van der Waals surface area contributed by atoms with E-state index in [1.165, 1.54) is 0 Å². The number of carbonyl (C=O) groups is 1. The van der Waals surface area contributed by atoms with Crippen molar-refractivity contribution in [2.75, 3.05) is 5.32 Å². The minimum absolute atomic E-state index is 0.0522. The average molecular weight is 344 g/mol. The van der Waals surface area contributed by atoms with E-state index in [4.69, 9.17) is 16.3 Å². The van der Waals surface area contributed by atoms with Gasteiger partial charge in [-0.3, -0.25) is 4.79 Å². The van der Waals surface area contributed by atoms with Crippen LogP contribution >= 0.6 is 11.6 Å². The summed E-state index contributed by atoms with van der Waals surface area (Å²) in [7, 11) is 0. The van der Waals surface area contributed by atoms with Crippen LogP contribution in [0.2, 0.25) is 5.02 Å². The summed E-state index contributed by atoms with van der Waals surface area (Å²) in [5, 5.41) is 12.6. The predicted molar refractivity (Wildman–Crippen MR) is 93.5 cm³/mol. The Bertz CT molecular complexity index is 813. The number of benzene rings is 1. The second-order valence-electron chi connectivity index (χ2n) is 5.36. The number of halogens is 1. The lowest BCUT2D eigenvalue weighted by Crippen LogP contribution is -2.10. The summed E-state index contributed by atoms with van der Waals surface area (Å²) in [5.74, 6) is 0.632. The number of nitriles is 1. The molecule has 0 saturated carbocycles. The van der Waals surface area contributed by atoms with Gasteiger partial charge in [0.2, 0.25) is 11.8 Å². The van der Waals surface area contributed by atoms with Crippen LogP contribution in [-0.4, -0.2) is 10.9 Å². The minimum atomic E-state index is -0.0522. The molecule has 0 fully saturated rings. The van der Waals surface area contributed by atoms with E-state index in [0.717, 1.165) is 6.42 Å². The average Bonchev–Trinajstić information content (AvgIpc) is 2.53. The number of ether oxygens (including phenoxy) is 1. The van der Waals surface area contributed by atoms with Crippen molar-refractivity contribution in [3.8, 4) is 17.7 Å². The third kappa shape index (κ3) is 4.03. The zero-order valence-corrected chi connectivity index (χ0v) is 14.6. The Balaban J connectivity index is 2.29. The molecule has 0 saturated heterocycles. The van der Waals surface area contributed by atoms with Crippen LogP contribution in [0, 0.1) is 25.2 Å². The Kier molecular flexibility index (Phi) is 5.78. The lowest BCUT2D eigenvalue weighted by Gasteiger charge is -2.12. The van der Waals surface area contributed by atoms with Crippen LogP contribution in [-0.2, 0) is 4.79 Å². The fraction of sp³-hybridized carbons (Fsp3) is 0.278. The molecule has 0 aliphatic heterocycles. The van der Waals surface area contributed by atoms with Gasteiger partial charge >= 0.3 is 0 Å². The number of carbonyl (C=O) groups excluding carboxylic acids is 1. The first-order valence-electron chi connectivity index (χ1n) is 7.60. The lowest BCUT2D eigenvalue weighted by molar-refractivity contribution is -0.116. The Hall–Kier alpha value is -2.58. The van der Waals surface area contributed by atoms with Gasteiger partial charge < -0.3 is 10.1 Å². The Morgan fingerprint density at radius 3 is 2.83 bits per heavy atom. The number of rotatable bonds is 5. The van der Waals surface area contributed by atoms with Crippen LogP contribution in [0.15, 0.2) is 24.3 Å². The van der Waals surface area contributed by atoms with Crippen molar-refractivity contribution in [2.24, 2.45) is 0 Å². The molecule has 6 heteroatoms. The van der Waals surface area contributed by atoms with Gasteiger partial charge in [-0.15, -0.1) is 0 Å². The van der Waals surface area contributed by atoms with E-state index >= 15 is 0 Å². The largest absolute Gasteiger partial charge is 0.438 e. The zero-order chi connectivity index (χ0) is 17.7. The van der Waals surface area contributed by atoms with Crippen LogP contribution in [0.3, 0.4) is 0 Å². The molecule has 1 aromatic carbocycles. The van der Waals surface area contributed by atoms with Crippen molar-refractivity contribution in [1.29, 1.82) is 5.26 Å². The highest BCUT2D eigenvalue weighted by molar-refractivity contribution is 6.32. The molecule has 1 N–H and O–H groups in total. The second kappa shape index (κ2) is 7.80. The summed E-state index contributed by atoms with van der Waals surface area (Å²) < 4.78 is 5.76. The number of pyridine rings is 1. The van der Waals surface area contributed by atoms with Crippen LogP contribution in [0.25, 0.3) is 0 Å². The van der Waals surface area contributed by atoms with Crippen molar-refractivity contribution in [1.82, 2.24) is 4.98 Å². The van der Waals surface area contributed by atoms with E-state index < -0.39 is 0 Å². The Morgan fingerprint density at radius 2 is 2.17 bits per heavy atom. The number of hydrogen-bond acceptors (Lipinski definition) is 4. The van der Waals surface area contributed by atoms with E-state index in [0.29, 0.717) is 39.7 Å². The third-order valence-electron chi connectivity index (χ3n) is 3.43. The molecule has 0 bridgehead atoms. The van der Waals surface area contributed by atoms with E-state index in [2.05, 4.69) is 16.4 Å². The van der Waals surface area contributed by atoms with Crippen molar-refractivity contribution in [3.05, 3.63) is 46.1 Å². The molecule has 0 unspecified atom stereocenters. The standard InChI is InChI=1S/C18H18ClN3O2/c1-4-6-16(23)22-13-7-5-8-14(9-13)24-18-15(10-20)11(2)17(19)12(3)21-18/h5,7-9H,4,6H2,1-3H3,(H,22,23). The molecule has 1 aromatic heterocycles. The molecule has 0 aliphatic carbocycles. The summed E-state index contributed by atoms with van der Waals surface area (Å²) in [6.45, 7) is 5.45.